The van der Waals surface area contributed by atoms with Crippen molar-refractivity contribution in [1.82, 2.24) is 19.7 Å². The molecule has 0 saturated heterocycles. The van der Waals surface area contributed by atoms with E-state index in [0.29, 0.717) is 17.7 Å². The molecule has 2 aromatic heterocycles. The normalized spacial score (nSPS) is 11.4. The van der Waals surface area contributed by atoms with Gasteiger partial charge in [0, 0.05) is 12.5 Å². The molecule has 0 aliphatic rings. The lowest BCUT2D eigenvalue weighted by molar-refractivity contribution is 0.0697. The molecule has 4 aromatic rings. The molecule has 1 N–H and O–H groups in total. The van der Waals surface area contributed by atoms with Crippen molar-refractivity contribution in [3.8, 4) is 11.1 Å². The van der Waals surface area contributed by atoms with Crippen LogP contribution in [-0.2, 0) is 6.54 Å². The van der Waals surface area contributed by atoms with Crippen LogP contribution >= 0.6 is 23.5 Å². The van der Waals surface area contributed by atoms with Crippen LogP contribution in [0.4, 0.5) is 0 Å². The first kappa shape index (κ1) is 22.4. The number of carboxylic acids is 1. The number of fused-ring (bicyclic) bond motifs is 1. The number of aromatic carboxylic acids is 1. The molecule has 2 heterocycles. The summed E-state index contributed by atoms with van der Waals surface area (Å²) < 4.78 is 2.24. The fraction of sp³-hybridized carbons (Fsp3) is 0.250. The van der Waals surface area contributed by atoms with Gasteiger partial charge in [0.25, 0.3) is 0 Å². The molecule has 0 saturated carbocycles. The van der Waals surface area contributed by atoms with Crippen molar-refractivity contribution in [3.63, 3.8) is 0 Å². The molecule has 0 fully saturated rings. The van der Waals surface area contributed by atoms with Gasteiger partial charge in [0.1, 0.15) is 26.9 Å². The molecule has 32 heavy (non-hydrogen) atoms. The Balaban J connectivity index is 1.77. The maximum absolute atomic E-state index is 11.6. The molecular weight excluding hydrogens is 440 g/mol. The summed E-state index contributed by atoms with van der Waals surface area (Å²) in [4.78, 5) is 16.5. The summed E-state index contributed by atoms with van der Waals surface area (Å²) in [6, 6.07) is 15.1. The predicted molar refractivity (Wildman–Crippen MR) is 131 cm³/mol. The van der Waals surface area contributed by atoms with Crippen molar-refractivity contribution in [2.45, 2.75) is 36.4 Å². The van der Waals surface area contributed by atoms with Crippen molar-refractivity contribution < 1.29 is 9.90 Å². The highest BCUT2D eigenvalue weighted by Crippen LogP contribution is 2.33. The lowest BCUT2D eigenvalue weighted by Gasteiger charge is -2.13. The van der Waals surface area contributed by atoms with E-state index in [1.54, 1.807) is 35.7 Å². The number of thioether (sulfide) groups is 2. The van der Waals surface area contributed by atoms with Crippen molar-refractivity contribution in [2.75, 3.05) is 12.5 Å². The minimum absolute atomic E-state index is 0.244. The lowest BCUT2D eigenvalue weighted by atomic mass is 9.98. The van der Waals surface area contributed by atoms with E-state index in [4.69, 9.17) is 4.98 Å². The van der Waals surface area contributed by atoms with E-state index in [0.717, 1.165) is 38.0 Å². The fourth-order valence-corrected chi connectivity index (χ4v) is 4.77. The fourth-order valence-electron chi connectivity index (χ4n) is 3.79. The molecule has 8 heteroatoms. The largest absolute Gasteiger partial charge is 0.478 e. The van der Waals surface area contributed by atoms with Crippen molar-refractivity contribution in [3.05, 3.63) is 65.5 Å². The van der Waals surface area contributed by atoms with Crippen LogP contribution in [0.5, 0.6) is 0 Å². The van der Waals surface area contributed by atoms with Crippen LogP contribution in [-0.4, -0.2) is 43.3 Å². The second-order valence-corrected chi connectivity index (χ2v) is 9.26. The minimum Gasteiger partial charge on any atom is -0.478 e. The average molecular weight is 465 g/mol. The first-order valence-corrected chi connectivity index (χ1v) is 12.7. The van der Waals surface area contributed by atoms with Gasteiger partial charge in [0.05, 0.1) is 5.56 Å². The van der Waals surface area contributed by atoms with E-state index in [1.807, 2.05) is 48.9 Å². The van der Waals surface area contributed by atoms with Crippen LogP contribution in [0.15, 0.2) is 58.6 Å². The predicted octanol–water partition coefficient (Wildman–Crippen LogP) is 5.81. The van der Waals surface area contributed by atoms with Gasteiger partial charge in [-0.25, -0.2) is 9.78 Å². The summed E-state index contributed by atoms with van der Waals surface area (Å²) in [7, 11) is 0. The zero-order valence-corrected chi connectivity index (χ0v) is 20.0. The van der Waals surface area contributed by atoms with Gasteiger partial charge in [0.2, 0.25) is 0 Å². The highest BCUT2D eigenvalue weighted by atomic mass is 32.2. The number of hydrogen-bond donors (Lipinski definition) is 1. The molecule has 2 aromatic carbocycles. The van der Waals surface area contributed by atoms with Gasteiger partial charge in [-0.3, -0.25) is 0 Å². The van der Waals surface area contributed by atoms with E-state index >= 15 is 0 Å². The third kappa shape index (κ3) is 4.12. The van der Waals surface area contributed by atoms with Crippen molar-refractivity contribution in [2.24, 2.45) is 0 Å². The maximum Gasteiger partial charge on any atom is 0.336 e. The van der Waals surface area contributed by atoms with E-state index in [2.05, 4.69) is 28.6 Å². The molecule has 0 bridgehead atoms. The Hall–Kier alpha value is -2.84. The Kier molecular flexibility index (Phi) is 6.53. The van der Waals surface area contributed by atoms with Crippen LogP contribution in [0.1, 0.15) is 41.5 Å². The maximum atomic E-state index is 11.6. The van der Waals surface area contributed by atoms with Crippen molar-refractivity contribution >= 4 is 40.5 Å². The zero-order valence-electron chi connectivity index (χ0n) is 18.4. The van der Waals surface area contributed by atoms with Crippen LogP contribution in [0.2, 0.25) is 0 Å². The molecule has 0 atom stereocenters. The van der Waals surface area contributed by atoms with E-state index < -0.39 is 5.97 Å². The average Bonchev–Trinajstić information content (AvgIpc) is 3.18. The van der Waals surface area contributed by atoms with Crippen LogP contribution in [0.3, 0.4) is 0 Å². The topological polar surface area (TPSA) is 80.9 Å². The quantitative estimate of drug-likeness (QED) is 0.346. The monoisotopic (exact) mass is 464 g/mol. The Morgan fingerprint density at radius 3 is 2.28 bits per heavy atom. The lowest BCUT2D eigenvalue weighted by Crippen LogP contribution is -2.07. The first-order chi connectivity index (χ1) is 15.4. The SMILES string of the molecule is CSc1nnc(SC)c2c1nc(C(C)C)n2Cc1ccc(-c2ccccc2C(=O)O)cc1. The number of carbonyl (C=O) groups is 1. The Morgan fingerprint density at radius 1 is 1.00 bits per heavy atom. The van der Waals surface area contributed by atoms with Gasteiger partial charge in [-0.2, -0.15) is 0 Å². The minimum atomic E-state index is -0.925. The summed E-state index contributed by atoms with van der Waals surface area (Å²) in [5.41, 5.74) is 4.92. The molecule has 0 unspecified atom stereocenters. The van der Waals surface area contributed by atoms with E-state index in [1.165, 1.54) is 0 Å². The third-order valence-corrected chi connectivity index (χ3v) is 6.62. The molecule has 4 rings (SSSR count). The molecule has 0 radical (unpaired) electrons. The Bertz CT molecular complexity index is 1280. The van der Waals surface area contributed by atoms with Gasteiger partial charge in [0.15, 0.2) is 0 Å². The number of hydrogen-bond acceptors (Lipinski definition) is 6. The summed E-state index contributed by atoms with van der Waals surface area (Å²) in [6.45, 7) is 4.93. The highest BCUT2D eigenvalue weighted by molar-refractivity contribution is 7.99. The van der Waals surface area contributed by atoms with Gasteiger partial charge >= 0.3 is 5.97 Å². The number of carboxylic acid groups (broad SMARTS) is 1. The number of nitrogens with zero attached hydrogens (tertiary/aromatic N) is 4. The number of aromatic nitrogens is 4. The molecule has 0 spiro atoms. The Labute approximate surface area is 195 Å². The summed E-state index contributed by atoms with van der Waals surface area (Å²) in [6.07, 6.45) is 3.99. The molecule has 0 aliphatic heterocycles. The second-order valence-electron chi connectivity index (χ2n) is 7.67. The van der Waals surface area contributed by atoms with Gasteiger partial charge in [-0.1, -0.05) is 56.3 Å². The molecule has 0 aliphatic carbocycles. The van der Waals surface area contributed by atoms with Gasteiger partial charge < -0.3 is 9.67 Å². The standard InChI is InChI=1S/C24H24N4O2S2/c1-14(2)21-25-19-20(23(32-4)27-26-22(19)31-3)28(21)13-15-9-11-16(12-10-15)17-7-5-6-8-18(17)24(29)30/h5-12,14H,13H2,1-4H3,(H,29,30). The molecule has 6 nitrogen and oxygen atoms in total. The van der Waals surface area contributed by atoms with Crippen LogP contribution in [0, 0.1) is 0 Å². The van der Waals surface area contributed by atoms with E-state index in [9.17, 15) is 9.90 Å². The van der Waals surface area contributed by atoms with E-state index in [-0.39, 0.29) is 5.92 Å². The smallest absolute Gasteiger partial charge is 0.336 e. The zero-order chi connectivity index (χ0) is 22.8. The second kappa shape index (κ2) is 9.34. The molecule has 164 valence electrons. The number of benzene rings is 2. The first-order valence-electron chi connectivity index (χ1n) is 10.2. The third-order valence-electron chi connectivity index (χ3n) is 5.30. The van der Waals surface area contributed by atoms with Crippen LogP contribution < -0.4 is 0 Å². The molecule has 0 amide bonds. The molecular formula is C24H24N4O2S2. The highest BCUT2D eigenvalue weighted by Gasteiger charge is 2.21. The summed E-state index contributed by atoms with van der Waals surface area (Å²) in [5.74, 6) is 0.320. The van der Waals surface area contributed by atoms with Crippen LogP contribution in [0.25, 0.3) is 22.2 Å². The van der Waals surface area contributed by atoms with Crippen molar-refractivity contribution in [1.29, 1.82) is 0 Å². The van der Waals surface area contributed by atoms with Gasteiger partial charge in [-0.05, 0) is 35.3 Å². The summed E-state index contributed by atoms with van der Waals surface area (Å²) >= 11 is 3.13. The number of imidazole rings is 1. The number of rotatable bonds is 7. The van der Waals surface area contributed by atoms with Gasteiger partial charge in [-0.15, -0.1) is 33.7 Å². The Morgan fingerprint density at radius 2 is 1.66 bits per heavy atom. The summed E-state index contributed by atoms with van der Waals surface area (Å²) in [5, 5.41) is 20.0.